The van der Waals surface area contributed by atoms with E-state index < -0.39 is 11.4 Å². The van der Waals surface area contributed by atoms with Crippen LogP contribution in [0.5, 0.6) is 5.75 Å². The molecule has 1 fully saturated rings. The highest BCUT2D eigenvalue weighted by atomic mass is 16.5. The second-order valence-electron chi connectivity index (χ2n) is 6.64. The molecule has 1 saturated carbocycles. The van der Waals surface area contributed by atoms with Gasteiger partial charge in [-0.3, -0.25) is 9.59 Å². The minimum Gasteiger partial charge on any atom is -0.491 e. The largest absolute Gasteiger partial charge is 0.491 e. The molecule has 23 heavy (non-hydrogen) atoms. The lowest BCUT2D eigenvalue weighted by Gasteiger charge is -2.37. The van der Waals surface area contributed by atoms with E-state index in [1.54, 1.807) is 0 Å². The molecule has 1 atom stereocenters. The van der Waals surface area contributed by atoms with E-state index in [1.165, 1.54) is 0 Å². The van der Waals surface area contributed by atoms with Crippen molar-refractivity contribution in [2.24, 2.45) is 5.41 Å². The Morgan fingerprint density at radius 2 is 1.83 bits per heavy atom. The molecule has 0 heterocycles. The number of nitrogens with one attached hydrogen (secondary N) is 1. The third kappa shape index (κ3) is 4.24. The predicted octanol–water partition coefficient (Wildman–Crippen LogP) is 3.30. The summed E-state index contributed by atoms with van der Waals surface area (Å²) in [6.07, 6.45) is 2.23. The average molecular weight is 319 g/mol. The Bertz CT molecular complexity index is 561. The third-order valence-corrected chi connectivity index (χ3v) is 4.39. The van der Waals surface area contributed by atoms with E-state index in [9.17, 15) is 14.7 Å². The number of carbonyl (C=O) groups excluding carboxylic acids is 1. The van der Waals surface area contributed by atoms with Crippen LogP contribution in [0.1, 0.15) is 58.1 Å². The molecule has 126 valence electrons. The maximum Gasteiger partial charge on any atom is 0.310 e. The molecule has 1 aromatic carbocycles. The van der Waals surface area contributed by atoms with E-state index in [0.29, 0.717) is 12.8 Å². The topological polar surface area (TPSA) is 75.6 Å². The maximum atomic E-state index is 12.2. The standard InChI is InChI=1S/C18H25NO4/c1-12(2)23-15-7-5-14(6-8-15)13(3)19-16(20)11-18(17(21)22)9-4-10-18/h5-8,12-13H,4,9-11H2,1-3H3,(H,19,20)(H,21,22). The van der Waals surface area contributed by atoms with Crippen LogP contribution in [0.25, 0.3) is 0 Å². The predicted molar refractivity (Wildman–Crippen MR) is 87.3 cm³/mol. The number of carboxylic acid groups (broad SMARTS) is 1. The van der Waals surface area contributed by atoms with Gasteiger partial charge in [0, 0.05) is 6.42 Å². The average Bonchev–Trinajstić information content (AvgIpc) is 2.42. The van der Waals surface area contributed by atoms with Crippen molar-refractivity contribution >= 4 is 11.9 Å². The molecule has 5 nitrogen and oxygen atoms in total. The van der Waals surface area contributed by atoms with Crippen molar-refractivity contribution in [3.8, 4) is 5.75 Å². The fourth-order valence-corrected chi connectivity index (χ4v) is 2.86. The third-order valence-electron chi connectivity index (χ3n) is 4.39. The van der Waals surface area contributed by atoms with Crippen molar-refractivity contribution in [2.75, 3.05) is 0 Å². The minimum atomic E-state index is -0.859. The van der Waals surface area contributed by atoms with Crippen LogP contribution in [0, 0.1) is 5.41 Å². The van der Waals surface area contributed by atoms with Crippen LogP contribution in [0.3, 0.4) is 0 Å². The van der Waals surface area contributed by atoms with Crippen LogP contribution in [0.15, 0.2) is 24.3 Å². The molecule has 2 rings (SSSR count). The summed E-state index contributed by atoms with van der Waals surface area (Å²) in [5.41, 5.74) is 0.117. The highest BCUT2D eigenvalue weighted by molar-refractivity contribution is 5.85. The molecule has 1 unspecified atom stereocenters. The SMILES string of the molecule is CC(C)Oc1ccc(C(C)NC(=O)CC2(C(=O)O)CCC2)cc1. The number of hydrogen-bond acceptors (Lipinski definition) is 3. The normalized spacial score (nSPS) is 17.2. The number of benzene rings is 1. The first kappa shape index (κ1) is 17.3. The van der Waals surface area contributed by atoms with Crippen molar-refractivity contribution in [3.63, 3.8) is 0 Å². The van der Waals surface area contributed by atoms with Gasteiger partial charge in [0.1, 0.15) is 5.75 Å². The van der Waals surface area contributed by atoms with Gasteiger partial charge in [-0.25, -0.2) is 0 Å². The highest BCUT2D eigenvalue weighted by Gasteiger charge is 2.45. The smallest absolute Gasteiger partial charge is 0.310 e. The van der Waals surface area contributed by atoms with Gasteiger partial charge in [-0.2, -0.15) is 0 Å². The molecule has 0 spiro atoms. The first-order valence-corrected chi connectivity index (χ1v) is 8.12. The zero-order valence-electron chi connectivity index (χ0n) is 14.0. The second-order valence-corrected chi connectivity index (χ2v) is 6.64. The van der Waals surface area contributed by atoms with E-state index >= 15 is 0 Å². The van der Waals surface area contributed by atoms with Gasteiger partial charge in [-0.1, -0.05) is 18.6 Å². The summed E-state index contributed by atoms with van der Waals surface area (Å²) in [5, 5.41) is 12.2. The van der Waals surface area contributed by atoms with Crippen LogP contribution in [-0.4, -0.2) is 23.1 Å². The molecular weight excluding hydrogens is 294 g/mol. The Labute approximate surface area is 137 Å². The fraction of sp³-hybridized carbons (Fsp3) is 0.556. The Morgan fingerprint density at radius 1 is 1.22 bits per heavy atom. The van der Waals surface area contributed by atoms with Crippen LogP contribution in [0.4, 0.5) is 0 Å². The van der Waals surface area contributed by atoms with E-state index in [4.69, 9.17) is 4.74 Å². The Morgan fingerprint density at radius 3 is 2.26 bits per heavy atom. The molecule has 5 heteroatoms. The number of carboxylic acids is 1. The van der Waals surface area contributed by atoms with Crippen LogP contribution in [-0.2, 0) is 9.59 Å². The number of aliphatic carboxylic acids is 1. The van der Waals surface area contributed by atoms with Crippen molar-refractivity contribution < 1.29 is 19.4 Å². The van der Waals surface area contributed by atoms with Crippen molar-refractivity contribution in [2.45, 2.75) is 58.6 Å². The van der Waals surface area contributed by atoms with E-state index in [1.807, 2.05) is 45.0 Å². The summed E-state index contributed by atoms with van der Waals surface area (Å²) < 4.78 is 5.59. The first-order chi connectivity index (χ1) is 10.8. The van der Waals surface area contributed by atoms with Crippen molar-refractivity contribution in [1.29, 1.82) is 0 Å². The first-order valence-electron chi connectivity index (χ1n) is 8.12. The van der Waals surface area contributed by atoms with E-state index in [0.717, 1.165) is 17.7 Å². The number of carbonyl (C=O) groups is 2. The van der Waals surface area contributed by atoms with Crippen molar-refractivity contribution in [1.82, 2.24) is 5.32 Å². The van der Waals surface area contributed by atoms with Gasteiger partial charge >= 0.3 is 5.97 Å². The van der Waals surface area contributed by atoms with Gasteiger partial charge in [0.2, 0.25) is 5.91 Å². The summed E-state index contributed by atoms with van der Waals surface area (Å²) in [6, 6.07) is 7.42. The molecular formula is C18H25NO4. The molecule has 0 bridgehead atoms. The van der Waals surface area contributed by atoms with Crippen LogP contribution < -0.4 is 10.1 Å². The monoisotopic (exact) mass is 319 g/mol. The lowest BCUT2D eigenvalue weighted by molar-refractivity contribution is -0.157. The lowest BCUT2D eigenvalue weighted by Crippen LogP contribution is -2.43. The second kappa shape index (κ2) is 7.02. The molecule has 1 aromatic rings. The van der Waals surface area contributed by atoms with E-state index in [2.05, 4.69) is 5.32 Å². The summed E-state index contributed by atoms with van der Waals surface area (Å²) >= 11 is 0. The Kier molecular flexibility index (Phi) is 5.29. The number of rotatable bonds is 7. The zero-order chi connectivity index (χ0) is 17.0. The van der Waals surface area contributed by atoms with Crippen LogP contribution in [0.2, 0.25) is 0 Å². The van der Waals surface area contributed by atoms with Crippen molar-refractivity contribution in [3.05, 3.63) is 29.8 Å². The van der Waals surface area contributed by atoms with Gasteiger partial charge in [-0.15, -0.1) is 0 Å². The van der Waals surface area contributed by atoms with E-state index in [-0.39, 0.29) is 24.5 Å². The molecule has 2 N–H and O–H groups in total. The number of amides is 1. The fourth-order valence-electron chi connectivity index (χ4n) is 2.86. The van der Waals surface area contributed by atoms with Gasteiger partial charge in [0.05, 0.1) is 17.6 Å². The molecule has 0 radical (unpaired) electrons. The molecule has 1 amide bonds. The molecule has 1 aliphatic carbocycles. The van der Waals surface area contributed by atoms with Gasteiger partial charge in [0.15, 0.2) is 0 Å². The number of ether oxygens (including phenoxy) is 1. The molecule has 1 aliphatic rings. The van der Waals surface area contributed by atoms with Gasteiger partial charge < -0.3 is 15.2 Å². The minimum absolute atomic E-state index is 0.0568. The zero-order valence-corrected chi connectivity index (χ0v) is 14.0. The summed E-state index contributed by atoms with van der Waals surface area (Å²) in [4.78, 5) is 23.5. The summed E-state index contributed by atoms with van der Waals surface area (Å²) in [7, 11) is 0. The molecule has 0 aliphatic heterocycles. The summed E-state index contributed by atoms with van der Waals surface area (Å²) in [6.45, 7) is 5.83. The molecule has 0 aromatic heterocycles. The summed E-state index contributed by atoms with van der Waals surface area (Å²) in [5.74, 6) is -0.273. The maximum absolute atomic E-state index is 12.2. The Hall–Kier alpha value is -2.04. The van der Waals surface area contributed by atoms with Gasteiger partial charge in [-0.05, 0) is 51.3 Å². The lowest BCUT2D eigenvalue weighted by atomic mass is 9.66. The number of hydrogen-bond donors (Lipinski definition) is 2. The quantitative estimate of drug-likeness (QED) is 0.808. The van der Waals surface area contributed by atoms with Crippen LogP contribution >= 0.6 is 0 Å². The highest BCUT2D eigenvalue weighted by Crippen LogP contribution is 2.44. The molecule has 0 saturated heterocycles. The Balaban J connectivity index is 1.92. The van der Waals surface area contributed by atoms with Gasteiger partial charge in [0.25, 0.3) is 0 Å².